The molecule has 6 aliphatic rings. The number of hydrogen-bond acceptors (Lipinski definition) is 12. The van der Waals surface area contributed by atoms with Crippen LogP contribution in [0.25, 0.3) is 0 Å². The molecular weight excluding hydrogens is 1470 g/mol. The molecule has 0 unspecified atom stereocenters. The highest BCUT2D eigenvalue weighted by Gasteiger charge is 2.73. The Bertz CT molecular complexity index is 5150. The fraction of sp³-hybridized carbons (Fsp3) is 0.265. The van der Waals surface area contributed by atoms with Crippen LogP contribution in [0.3, 0.4) is 0 Å². The number of ether oxygens (including phenoxy) is 6. The van der Waals surface area contributed by atoms with Gasteiger partial charge in [0.2, 0.25) is 5.41 Å². The van der Waals surface area contributed by atoms with Crippen LogP contribution in [0.1, 0.15) is 121 Å². The Kier molecular flexibility index (Phi) is 22.2. The van der Waals surface area contributed by atoms with Crippen LogP contribution in [0.5, 0.6) is 34.5 Å². The molecular formula is C98H96F6N6O6. The van der Waals surface area contributed by atoms with Crippen molar-refractivity contribution >= 4 is 34.1 Å². The molecule has 0 atom stereocenters. The van der Waals surface area contributed by atoms with Crippen molar-refractivity contribution in [1.82, 2.24) is 0 Å². The molecule has 6 heterocycles. The minimum atomic E-state index is -5.72. The topological polar surface area (TPSA) is 74.8 Å². The second kappa shape index (κ2) is 32.6. The summed E-state index contributed by atoms with van der Waals surface area (Å²) in [5.74, 6) is 4.44. The maximum Gasteiger partial charge on any atom is 0.411 e. The lowest BCUT2D eigenvalue weighted by Crippen LogP contribution is -2.55. The third kappa shape index (κ3) is 16.6. The molecule has 0 aromatic heterocycles. The second-order valence-electron chi connectivity index (χ2n) is 31.6. The Balaban J connectivity index is 0.000000137. The summed E-state index contributed by atoms with van der Waals surface area (Å²) in [5, 5.41) is 0. The first-order valence-electron chi connectivity index (χ1n) is 38.9. The molecule has 12 aromatic rings. The van der Waals surface area contributed by atoms with E-state index in [0.717, 1.165) is 102 Å². The molecule has 18 heteroatoms. The maximum atomic E-state index is 15.1. The lowest BCUT2D eigenvalue weighted by atomic mass is 9.72. The van der Waals surface area contributed by atoms with Crippen LogP contribution in [0.15, 0.2) is 255 Å². The van der Waals surface area contributed by atoms with Gasteiger partial charge in [0.15, 0.2) is 40.4 Å². The first-order valence-corrected chi connectivity index (χ1v) is 38.9. The highest BCUT2D eigenvalue weighted by atomic mass is 19.4. The first kappa shape index (κ1) is 79.1. The fourth-order valence-corrected chi connectivity index (χ4v) is 15.9. The van der Waals surface area contributed by atoms with E-state index in [0.29, 0.717) is 26.9 Å². The van der Waals surface area contributed by atoms with E-state index < -0.39 is 28.9 Å². The third-order valence-corrected chi connectivity index (χ3v) is 22.9. The molecule has 18 rings (SSSR count). The summed E-state index contributed by atoms with van der Waals surface area (Å²) in [5.41, 5.74) is 17.6. The normalized spacial score (nSPS) is 14.8. The molecule has 0 spiro atoms. The summed E-state index contributed by atoms with van der Waals surface area (Å²) in [6.07, 6.45) is -10.5. The molecule has 0 amide bonds. The molecule has 0 radical (unpaired) electrons. The van der Waals surface area contributed by atoms with Crippen LogP contribution >= 0.6 is 0 Å². The number of alkyl halides is 6. The number of hydrogen-bond donors (Lipinski definition) is 0. The molecule has 12 nitrogen and oxygen atoms in total. The Morgan fingerprint density at radius 1 is 0.250 bits per heavy atom. The second-order valence-corrected chi connectivity index (χ2v) is 31.6. The van der Waals surface area contributed by atoms with E-state index in [4.69, 9.17) is 28.4 Å². The monoisotopic (exact) mass is 1570 g/mol. The Morgan fingerprint density at radius 3 is 0.655 bits per heavy atom. The van der Waals surface area contributed by atoms with E-state index in [2.05, 4.69) is 231 Å². The quantitative estimate of drug-likeness (QED) is 0.109. The molecule has 0 bridgehead atoms. The van der Waals surface area contributed by atoms with E-state index in [9.17, 15) is 0 Å². The van der Waals surface area contributed by atoms with Gasteiger partial charge in [-0.2, -0.15) is 26.3 Å². The molecule has 0 saturated carbocycles. The number of halogens is 6. The number of fused-ring (bicyclic) bond motifs is 6. The van der Waals surface area contributed by atoms with Gasteiger partial charge in [0.25, 0.3) is 0 Å². The summed E-state index contributed by atoms with van der Waals surface area (Å²) in [6.45, 7) is 23.0. The Morgan fingerprint density at radius 2 is 0.440 bits per heavy atom. The molecule has 6 aliphatic heterocycles. The van der Waals surface area contributed by atoms with Gasteiger partial charge in [-0.1, -0.05) is 164 Å². The zero-order chi connectivity index (χ0) is 79.9. The van der Waals surface area contributed by atoms with E-state index in [1.165, 1.54) is 102 Å². The van der Waals surface area contributed by atoms with E-state index >= 15 is 26.3 Å². The van der Waals surface area contributed by atoms with Crippen LogP contribution in [0.2, 0.25) is 0 Å². The van der Waals surface area contributed by atoms with Gasteiger partial charge < -0.3 is 57.8 Å². The summed E-state index contributed by atoms with van der Waals surface area (Å²) < 4.78 is 126. The fourth-order valence-electron chi connectivity index (χ4n) is 15.9. The number of nitrogens with zero attached hydrogens (tertiary/aromatic N) is 6. The first-order chi connectivity index (χ1) is 55.3. The van der Waals surface area contributed by atoms with Crippen molar-refractivity contribution in [3.05, 3.63) is 355 Å². The standard InChI is InChI=1S/C33H28F6N2O2.C33H34N2O2.C31H30N2O2.CH4/c1-21-3-9-27(10-4-21)40-17-23-15-25(7-13-29(23)42-19-40)31(32(34,35)36,33(37,38)39)26-8-14-30-24(16-26)18-41(20-43-30)28-11-5-22(2)6-12-28;1-23-5-11-29(12-6-23)34-19-25-17-27(9-15-31(25)36-21-34)33(3,4)28-10-16-32-26(18-28)20-35(22-37-32)30-13-7-24(2)8-14-30;1-22-3-9-28(10-4-22)32-18-26-16-24(7-13-30(26)34-20-32)15-25-8-14-31-27(17-25)19-33(21-35-31)29-11-5-23(2)6-12-29;/h3-16H,17-20H2,1-2H3;5-18H,19-22H2,1-4H3;3-14,16-17H,15,18-21H2,1-2H3;1H4. The molecule has 0 saturated heterocycles. The van der Waals surface area contributed by atoms with Crippen molar-refractivity contribution in [3.8, 4) is 34.5 Å². The Hall–Kier alpha value is -12.2. The largest absolute Gasteiger partial charge is 0.473 e. The summed E-state index contributed by atoms with van der Waals surface area (Å²) in [6, 6.07) is 82.1. The summed E-state index contributed by atoms with van der Waals surface area (Å²) in [4.78, 5) is 12.6. The average molecular weight is 1570 g/mol. The van der Waals surface area contributed by atoms with Gasteiger partial charge in [0.1, 0.15) is 34.5 Å². The SMILES string of the molecule is C.Cc1ccc(N2COc3ccc(C(C)(C)c4ccc5c(c4)CN(c4ccc(C)cc4)CO5)cc3C2)cc1.Cc1ccc(N2COc3ccc(C(c4ccc5c(c4)CN(c4ccc(C)cc4)CO5)(C(F)(F)F)C(F)(F)F)cc3C2)cc1.Cc1ccc(N2COc3ccc(Cc4ccc5c(c4)CN(c4ccc(C)cc4)CO5)cc3C2)cc1. The number of rotatable bonds is 12. The van der Waals surface area contributed by atoms with Gasteiger partial charge in [-0.3, -0.25) is 0 Å². The Labute approximate surface area is 676 Å². The van der Waals surface area contributed by atoms with Crippen LogP contribution in [-0.2, 0) is 56.5 Å². The minimum Gasteiger partial charge on any atom is -0.473 e. The minimum absolute atomic E-state index is 0. The molecule has 0 N–H and O–H groups in total. The van der Waals surface area contributed by atoms with Crippen molar-refractivity contribution in [2.75, 3.05) is 69.8 Å². The van der Waals surface area contributed by atoms with Crippen molar-refractivity contribution in [1.29, 1.82) is 0 Å². The lowest BCUT2D eigenvalue weighted by Gasteiger charge is -2.40. The van der Waals surface area contributed by atoms with Gasteiger partial charge in [-0.05, 0) is 227 Å². The smallest absolute Gasteiger partial charge is 0.411 e. The lowest BCUT2D eigenvalue weighted by molar-refractivity contribution is -0.288. The van der Waals surface area contributed by atoms with Crippen molar-refractivity contribution in [2.24, 2.45) is 0 Å². The highest BCUT2D eigenvalue weighted by Crippen LogP contribution is 2.58. The molecule has 116 heavy (non-hydrogen) atoms. The van der Waals surface area contributed by atoms with Gasteiger partial charge in [0, 0.05) is 112 Å². The van der Waals surface area contributed by atoms with E-state index in [-0.39, 0.29) is 62.0 Å². The number of aryl methyl sites for hydroxylation is 6. The van der Waals surface area contributed by atoms with Gasteiger partial charge in [0.05, 0.1) is 0 Å². The predicted molar refractivity (Wildman–Crippen MR) is 450 cm³/mol. The summed E-state index contributed by atoms with van der Waals surface area (Å²) in [7, 11) is 0. The van der Waals surface area contributed by atoms with Crippen molar-refractivity contribution in [3.63, 3.8) is 0 Å². The number of benzene rings is 12. The number of anilines is 6. The zero-order valence-electron chi connectivity index (χ0n) is 65.8. The van der Waals surface area contributed by atoms with Gasteiger partial charge in [-0.25, -0.2) is 0 Å². The third-order valence-electron chi connectivity index (χ3n) is 22.9. The predicted octanol–water partition coefficient (Wildman–Crippen LogP) is 23.0. The maximum absolute atomic E-state index is 15.1. The molecule has 12 aromatic carbocycles. The summed E-state index contributed by atoms with van der Waals surface area (Å²) >= 11 is 0. The van der Waals surface area contributed by atoms with Gasteiger partial charge >= 0.3 is 12.4 Å². The van der Waals surface area contributed by atoms with Gasteiger partial charge in [-0.15, -0.1) is 0 Å². The van der Waals surface area contributed by atoms with Crippen LogP contribution < -0.4 is 57.8 Å². The molecule has 0 aliphatic carbocycles. The zero-order valence-corrected chi connectivity index (χ0v) is 65.8. The van der Waals surface area contributed by atoms with Crippen molar-refractivity contribution < 1.29 is 54.8 Å². The molecule has 0 fully saturated rings. The van der Waals surface area contributed by atoms with Crippen LogP contribution in [-0.4, -0.2) is 52.7 Å². The highest BCUT2D eigenvalue weighted by molar-refractivity contribution is 5.61. The van der Waals surface area contributed by atoms with E-state index in [1.807, 2.05) is 62.4 Å². The average Bonchev–Trinajstić information content (AvgIpc) is 0.708. The van der Waals surface area contributed by atoms with Crippen LogP contribution in [0.4, 0.5) is 60.5 Å². The molecule has 596 valence electrons. The van der Waals surface area contributed by atoms with E-state index in [1.54, 1.807) is 9.80 Å². The van der Waals surface area contributed by atoms with Crippen LogP contribution in [0, 0.1) is 41.5 Å². The van der Waals surface area contributed by atoms with Crippen molar-refractivity contribution in [2.45, 2.75) is 132 Å².